The predicted molar refractivity (Wildman–Crippen MR) is 86.1 cm³/mol. The van der Waals surface area contributed by atoms with E-state index in [1.165, 1.54) is 4.90 Å². The third-order valence-corrected chi connectivity index (χ3v) is 3.51. The fourth-order valence-electron chi connectivity index (χ4n) is 2.12. The summed E-state index contributed by atoms with van der Waals surface area (Å²) in [4.78, 5) is 17.7. The van der Waals surface area contributed by atoms with Gasteiger partial charge in [-0.3, -0.25) is 0 Å². The molecule has 0 aliphatic heterocycles. The van der Waals surface area contributed by atoms with Crippen LogP contribution in [0.1, 0.15) is 6.42 Å². The summed E-state index contributed by atoms with van der Waals surface area (Å²) < 4.78 is 0. The highest BCUT2D eigenvalue weighted by atomic mass is 35.5. The minimum Gasteiger partial charge on any atom is -0.396 e. The Hall–Kier alpha value is -1.89. The smallest absolute Gasteiger partial charge is 0.321 e. The zero-order valence-corrected chi connectivity index (χ0v) is 12.8. The summed E-state index contributed by atoms with van der Waals surface area (Å²) in [5.41, 5.74) is 0.631. The number of amides is 2. The van der Waals surface area contributed by atoms with Crippen LogP contribution < -0.4 is 5.32 Å². The maximum absolute atomic E-state index is 12.2. The highest BCUT2D eigenvalue weighted by Crippen LogP contribution is 2.24. The van der Waals surface area contributed by atoms with Crippen LogP contribution in [0, 0.1) is 0 Å². The van der Waals surface area contributed by atoms with E-state index in [-0.39, 0.29) is 25.8 Å². The van der Waals surface area contributed by atoms with Crippen molar-refractivity contribution in [2.24, 2.45) is 0 Å². The molecule has 0 saturated heterocycles. The van der Waals surface area contributed by atoms with E-state index in [9.17, 15) is 4.79 Å². The van der Waals surface area contributed by atoms with Gasteiger partial charge in [0.1, 0.15) is 5.15 Å². The van der Waals surface area contributed by atoms with E-state index in [4.69, 9.17) is 21.8 Å². The summed E-state index contributed by atoms with van der Waals surface area (Å²) in [5, 5.41) is 22.8. The number of fused-ring (bicyclic) bond motifs is 1. The highest BCUT2D eigenvalue weighted by molar-refractivity contribution is 6.34. The van der Waals surface area contributed by atoms with Gasteiger partial charge in [-0.1, -0.05) is 11.6 Å². The molecule has 7 heteroatoms. The lowest BCUT2D eigenvalue weighted by molar-refractivity contribution is 0.180. The quantitative estimate of drug-likeness (QED) is 0.711. The number of urea groups is 1. The molecule has 2 rings (SSSR count). The molecule has 0 atom stereocenters. The van der Waals surface area contributed by atoms with Crippen molar-refractivity contribution in [3.05, 3.63) is 35.6 Å². The highest BCUT2D eigenvalue weighted by Gasteiger charge is 2.13. The van der Waals surface area contributed by atoms with Crippen LogP contribution in [0.25, 0.3) is 10.8 Å². The molecule has 3 N–H and O–H groups in total. The number of nitrogens with zero attached hydrogens (tertiary/aromatic N) is 2. The van der Waals surface area contributed by atoms with Crippen molar-refractivity contribution in [2.45, 2.75) is 6.42 Å². The lowest BCUT2D eigenvalue weighted by Crippen LogP contribution is -2.38. The summed E-state index contributed by atoms with van der Waals surface area (Å²) in [5.74, 6) is 0. The number of carbonyl (C=O) groups excluding carboxylic acids is 1. The number of pyridine rings is 1. The monoisotopic (exact) mass is 323 g/mol. The number of aromatic nitrogens is 1. The van der Waals surface area contributed by atoms with Crippen LogP contribution in [0.5, 0.6) is 0 Å². The molecule has 2 amide bonds. The number of hydrogen-bond acceptors (Lipinski definition) is 4. The number of aliphatic hydroxyl groups is 2. The van der Waals surface area contributed by atoms with Crippen LogP contribution in [0.2, 0.25) is 5.15 Å². The van der Waals surface area contributed by atoms with Gasteiger partial charge in [-0.2, -0.15) is 0 Å². The molecular formula is C15H18ClN3O3. The number of hydrogen-bond donors (Lipinski definition) is 3. The number of halogens is 1. The van der Waals surface area contributed by atoms with Crippen molar-refractivity contribution in [1.29, 1.82) is 0 Å². The van der Waals surface area contributed by atoms with Crippen molar-refractivity contribution in [3.63, 3.8) is 0 Å². The van der Waals surface area contributed by atoms with Gasteiger partial charge in [-0.15, -0.1) is 0 Å². The fraction of sp³-hybridized carbons (Fsp3) is 0.333. The first-order chi connectivity index (χ1) is 10.7. The van der Waals surface area contributed by atoms with E-state index in [0.29, 0.717) is 23.8 Å². The van der Waals surface area contributed by atoms with Crippen LogP contribution in [0.4, 0.5) is 10.5 Å². The average molecular weight is 324 g/mol. The number of benzene rings is 1. The van der Waals surface area contributed by atoms with Crippen molar-refractivity contribution in [2.75, 3.05) is 31.6 Å². The van der Waals surface area contributed by atoms with E-state index in [1.807, 2.05) is 12.1 Å². The lowest BCUT2D eigenvalue weighted by atomic mass is 10.1. The molecule has 0 unspecified atom stereocenters. The summed E-state index contributed by atoms with van der Waals surface area (Å²) in [7, 11) is 0. The molecule has 0 radical (unpaired) electrons. The van der Waals surface area contributed by atoms with E-state index in [0.717, 1.165) is 10.8 Å². The maximum atomic E-state index is 12.2. The Morgan fingerprint density at radius 2 is 2.05 bits per heavy atom. The minimum atomic E-state index is -0.318. The molecule has 0 aliphatic carbocycles. The van der Waals surface area contributed by atoms with Crippen molar-refractivity contribution in [1.82, 2.24) is 9.88 Å². The van der Waals surface area contributed by atoms with E-state index >= 15 is 0 Å². The number of anilines is 1. The molecule has 0 saturated carbocycles. The molecule has 0 bridgehead atoms. The molecule has 22 heavy (non-hydrogen) atoms. The van der Waals surface area contributed by atoms with Crippen molar-refractivity contribution >= 4 is 34.1 Å². The van der Waals surface area contributed by atoms with Gasteiger partial charge in [0.25, 0.3) is 0 Å². The zero-order chi connectivity index (χ0) is 15.9. The van der Waals surface area contributed by atoms with Crippen LogP contribution >= 0.6 is 11.6 Å². The zero-order valence-electron chi connectivity index (χ0n) is 12.0. The Morgan fingerprint density at radius 3 is 2.77 bits per heavy atom. The topological polar surface area (TPSA) is 85.7 Å². The van der Waals surface area contributed by atoms with Crippen molar-refractivity contribution in [3.8, 4) is 0 Å². The predicted octanol–water partition coefficient (Wildman–Crippen LogP) is 2.10. The van der Waals surface area contributed by atoms with E-state index in [1.54, 1.807) is 18.3 Å². The Morgan fingerprint density at radius 1 is 1.23 bits per heavy atom. The van der Waals surface area contributed by atoms with Gasteiger partial charge in [-0.25, -0.2) is 9.78 Å². The molecule has 118 valence electrons. The minimum absolute atomic E-state index is 0.00329. The lowest BCUT2D eigenvalue weighted by Gasteiger charge is -2.22. The van der Waals surface area contributed by atoms with Gasteiger partial charge in [-0.05, 0) is 36.1 Å². The molecule has 6 nitrogen and oxygen atoms in total. The number of aliphatic hydroxyl groups excluding tert-OH is 2. The average Bonchev–Trinajstić information content (AvgIpc) is 2.51. The molecule has 1 aromatic carbocycles. The van der Waals surface area contributed by atoms with Gasteiger partial charge >= 0.3 is 6.03 Å². The van der Waals surface area contributed by atoms with E-state index < -0.39 is 0 Å². The Balaban J connectivity index is 2.13. The third-order valence-electron chi connectivity index (χ3n) is 3.21. The molecule has 1 aromatic heterocycles. The maximum Gasteiger partial charge on any atom is 0.321 e. The molecule has 1 heterocycles. The molecule has 2 aromatic rings. The SMILES string of the molecule is O=C(Nc1ccc2c(Cl)nccc2c1)N(CCO)CCCO. The van der Waals surface area contributed by atoms with Gasteiger partial charge < -0.3 is 20.4 Å². The number of carbonyl (C=O) groups is 1. The fourth-order valence-corrected chi connectivity index (χ4v) is 2.35. The Labute approximate surface area is 133 Å². The second kappa shape index (κ2) is 7.93. The summed E-state index contributed by atoms with van der Waals surface area (Å²) in [6, 6.07) is 6.85. The normalized spacial score (nSPS) is 10.7. The Bertz CT molecular complexity index is 651. The molecule has 0 fully saturated rings. The standard InChI is InChI=1S/C15H18ClN3O3/c16-14-13-3-2-12(10-11(13)4-5-17-14)18-15(22)19(7-9-21)6-1-8-20/h2-5,10,20-21H,1,6-9H2,(H,18,22). The van der Waals surface area contributed by atoms with Crippen LogP contribution in [-0.2, 0) is 0 Å². The third kappa shape index (κ3) is 4.07. The summed E-state index contributed by atoms with van der Waals surface area (Å²) >= 11 is 6.01. The molecular weight excluding hydrogens is 306 g/mol. The summed E-state index contributed by atoms with van der Waals surface area (Å²) in [6.07, 6.45) is 2.07. The van der Waals surface area contributed by atoms with E-state index in [2.05, 4.69) is 10.3 Å². The van der Waals surface area contributed by atoms with Gasteiger partial charge in [0.2, 0.25) is 0 Å². The van der Waals surface area contributed by atoms with Gasteiger partial charge in [0.15, 0.2) is 0 Å². The number of rotatable bonds is 6. The van der Waals surface area contributed by atoms with Crippen LogP contribution in [0.3, 0.4) is 0 Å². The molecule has 0 spiro atoms. The summed E-state index contributed by atoms with van der Waals surface area (Å²) in [6.45, 7) is 0.468. The second-order valence-electron chi connectivity index (χ2n) is 4.76. The first-order valence-electron chi connectivity index (χ1n) is 6.97. The van der Waals surface area contributed by atoms with Crippen LogP contribution in [0.15, 0.2) is 30.5 Å². The largest absolute Gasteiger partial charge is 0.396 e. The van der Waals surface area contributed by atoms with Gasteiger partial charge in [0.05, 0.1) is 6.61 Å². The van der Waals surface area contributed by atoms with Crippen LogP contribution in [-0.4, -0.2) is 52.4 Å². The first kappa shape index (κ1) is 16.5. The Kier molecular flexibility index (Phi) is 5.94. The molecule has 0 aliphatic rings. The number of nitrogens with one attached hydrogen (secondary N) is 1. The second-order valence-corrected chi connectivity index (χ2v) is 5.11. The van der Waals surface area contributed by atoms with Crippen molar-refractivity contribution < 1.29 is 15.0 Å². The first-order valence-corrected chi connectivity index (χ1v) is 7.35. The van der Waals surface area contributed by atoms with Gasteiger partial charge in [0, 0.05) is 37.0 Å².